The summed E-state index contributed by atoms with van der Waals surface area (Å²) in [4.78, 5) is 22.2. The van der Waals surface area contributed by atoms with Gasteiger partial charge in [0.15, 0.2) is 0 Å². The van der Waals surface area contributed by atoms with Crippen LogP contribution in [0.3, 0.4) is 0 Å². The molecule has 0 spiro atoms. The molecule has 0 saturated heterocycles. The number of nitrogens with zero attached hydrogens (tertiary/aromatic N) is 1. The highest BCUT2D eigenvalue weighted by Crippen LogP contribution is 1.81. The lowest BCUT2D eigenvalue weighted by Crippen LogP contribution is -2.40. The summed E-state index contributed by atoms with van der Waals surface area (Å²) in [5, 5.41) is 0. The second-order valence-corrected chi connectivity index (χ2v) is 1.75. The maximum absolute atomic E-state index is 10.6. The summed E-state index contributed by atoms with van der Waals surface area (Å²) in [6.07, 6.45) is 0. The lowest BCUT2D eigenvalue weighted by Gasteiger charge is -2.11. The van der Waals surface area contributed by atoms with Crippen molar-refractivity contribution in [2.45, 2.75) is 0 Å². The van der Waals surface area contributed by atoms with E-state index in [9.17, 15) is 9.59 Å². The number of likely N-dealkylation sites (N-methyl/N-ethyl adjacent to an activating group) is 1. The zero-order valence-corrected chi connectivity index (χ0v) is 5.83. The van der Waals surface area contributed by atoms with E-state index in [1.807, 2.05) is 0 Å². The number of carbonyl (C=O) groups excluding carboxylic acids is 2. The molecule has 0 aliphatic heterocycles. The van der Waals surface area contributed by atoms with Crippen LogP contribution in [0.1, 0.15) is 0 Å². The molecule has 0 aromatic rings. The minimum Gasteiger partial charge on any atom is -0.322 e. The third-order valence-corrected chi connectivity index (χ3v) is 1.10. The maximum atomic E-state index is 10.6. The van der Waals surface area contributed by atoms with E-state index < -0.39 is 11.8 Å². The van der Waals surface area contributed by atoms with Gasteiger partial charge in [-0.1, -0.05) is 0 Å². The van der Waals surface area contributed by atoms with Gasteiger partial charge in [0, 0.05) is 7.05 Å². The molecule has 0 rings (SSSR count). The SMILES string of the molecule is CN(C(=O)CN)C(=O)CN. The van der Waals surface area contributed by atoms with Crippen molar-refractivity contribution in [3.63, 3.8) is 0 Å². The van der Waals surface area contributed by atoms with Crippen molar-refractivity contribution in [3.8, 4) is 0 Å². The molecule has 0 saturated carbocycles. The molecule has 0 radical (unpaired) electrons. The fraction of sp³-hybridized carbons (Fsp3) is 0.600. The molecule has 2 amide bonds. The molecular weight excluding hydrogens is 134 g/mol. The summed E-state index contributed by atoms with van der Waals surface area (Å²) in [7, 11) is 1.35. The van der Waals surface area contributed by atoms with E-state index in [1.165, 1.54) is 7.05 Å². The van der Waals surface area contributed by atoms with E-state index >= 15 is 0 Å². The van der Waals surface area contributed by atoms with Gasteiger partial charge in [0.25, 0.3) is 0 Å². The number of carbonyl (C=O) groups is 2. The third-order valence-electron chi connectivity index (χ3n) is 1.10. The molecule has 0 aliphatic carbocycles. The minimum absolute atomic E-state index is 0.164. The zero-order valence-electron chi connectivity index (χ0n) is 5.83. The van der Waals surface area contributed by atoms with E-state index in [2.05, 4.69) is 0 Å². The highest BCUT2D eigenvalue weighted by Gasteiger charge is 2.12. The molecule has 5 nitrogen and oxygen atoms in total. The average molecular weight is 145 g/mol. The van der Waals surface area contributed by atoms with E-state index in [-0.39, 0.29) is 13.1 Å². The number of imide groups is 1. The molecule has 4 N–H and O–H groups in total. The first-order valence-corrected chi connectivity index (χ1v) is 2.83. The summed E-state index contributed by atoms with van der Waals surface area (Å²) in [5.41, 5.74) is 9.96. The largest absolute Gasteiger partial charge is 0.322 e. The Morgan fingerprint density at radius 2 is 1.50 bits per heavy atom. The van der Waals surface area contributed by atoms with Crippen LogP contribution >= 0.6 is 0 Å². The van der Waals surface area contributed by atoms with Crippen LogP contribution in [-0.2, 0) is 9.59 Å². The Morgan fingerprint density at radius 1 is 1.20 bits per heavy atom. The van der Waals surface area contributed by atoms with Crippen LogP contribution in [0.4, 0.5) is 0 Å². The number of nitrogens with two attached hydrogens (primary N) is 2. The molecule has 0 fully saturated rings. The molecular formula is C5H11N3O2. The first-order valence-electron chi connectivity index (χ1n) is 2.83. The lowest BCUT2D eigenvalue weighted by molar-refractivity contribution is -0.141. The molecule has 0 aromatic heterocycles. The van der Waals surface area contributed by atoms with Crippen molar-refractivity contribution < 1.29 is 9.59 Å². The van der Waals surface area contributed by atoms with Crippen molar-refractivity contribution in [1.82, 2.24) is 4.90 Å². The van der Waals surface area contributed by atoms with Gasteiger partial charge in [-0.05, 0) is 0 Å². The van der Waals surface area contributed by atoms with Crippen molar-refractivity contribution in [3.05, 3.63) is 0 Å². The first kappa shape index (κ1) is 9.06. The predicted octanol–water partition coefficient (Wildman–Crippen LogP) is -2.11. The lowest BCUT2D eigenvalue weighted by atomic mass is 10.5. The number of hydrogen-bond acceptors (Lipinski definition) is 4. The molecule has 0 aliphatic rings. The van der Waals surface area contributed by atoms with Gasteiger partial charge >= 0.3 is 0 Å². The Bertz CT molecular complexity index is 130. The Hall–Kier alpha value is -0.940. The van der Waals surface area contributed by atoms with Crippen LogP contribution in [0.15, 0.2) is 0 Å². The molecule has 0 bridgehead atoms. The molecule has 0 heterocycles. The topological polar surface area (TPSA) is 89.4 Å². The van der Waals surface area contributed by atoms with Gasteiger partial charge in [-0.25, -0.2) is 0 Å². The fourth-order valence-corrected chi connectivity index (χ4v) is 0.413. The third kappa shape index (κ3) is 2.12. The second-order valence-electron chi connectivity index (χ2n) is 1.75. The molecule has 0 aromatic carbocycles. The van der Waals surface area contributed by atoms with E-state index in [0.717, 1.165) is 4.90 Å². The summed E-state index contributed by atoms with van der Waals surface area (Å²) in [6, 6.07) is 0. The molecule has 0 unspecified atom stereocenters. The van der Waals surface area contributed by atoms with Crippen LogP contribution in [-0.4, -0.2) is 36.9 Å². The van der Waals surface area contributed by atoms with Crippen LogP contribution in [0.5, 0.6) is 0 Å². The molecule has 58 valence electrons. The molecule has 5 heteroatoms. The van der Waals surface area contributed by atoms with Crippen molar-refractivity contribution >= 4 is 11.8 Å². The monoisotopic (exact) mass is 145 g/mol. The van der Waals surface area contributed by atoms with Crippen molar-refractivity contribution in [1.29, 1.82) is 0 Å². The van der Waals surface area contributed by atoms with Gasteiger partial charge in [-0.3, -0.25) is 14.5 Å². The van der Waals surface area contributed by atoms with E-state index in [4.69, 9.17) is 11.5 Å². The fourth-order valence-electron chi connectivity index (χ4n) is 0.413. The Morgan fingerprint density at radius 3 is 1.70 bits per heavy atom. The standard InChI is InChI=1S/C5H11N3O2/c1-8(4(9)2-6)5(10)3-7/h2-3,6-7H2,1H3. The minimum atomic E-state index is -0.421. The van der Waals surface area contributed by atoms with Crippen LogP contribution in [0.25, 0.3) is 0 Å². The number of amides is 2. The highest BCUT2D eigenvalue weighted by molar-refractivity contribution is 5.96. The van der Waals surface area contributed by atoms with Crippen LogP contribution < -0.4 is 11.5 Å². The summed E-state index contributed by atoms with van der Waals surface area (Å²) in [5.74, 6) is -0.842. The van der Waals surface area contributed by atoms with Gasteiger partial charge in [0.05, 0.1) is 13.1 Å². The highest BCUT2D eigenvalue weighted by atomic mass is 16.2. The van der Waals surface area contributed by atoms with Crippen molar-refractivity contribution in [2.24, 2.45) is 11.5 Å². The molecule has 0 atom stereocenters. The summed E-state index contributed by atoms with van der Waals surface area (Å²) < 4.78 is 0. The second kappa shape index (κ2) is 3.97. The summed E-state index contributed by atoms with van der Waals surface area (Å²) >= 11 is 0. The first-order chi connectivity index (χ1) is 4.63. The zero-order chi connectivity index (χ0) is 8.15. The molecule has 10 heavy (non-hydrogen) atoms. The predicted molar refractivity (Wildman–Crippen MR) is 35.9 cm³/mol. The van der Waals surface area contributed by atoms with Crippen LogP contribution in [0.2, 0.25) is 0 Å². The van der Waals surface area contributed by atoms with Crippen LogP contribution in [0, 0.1) is 0 Å². The Kier molecular flexibility index (Phi) is 3.60. The normalized spacial score (nSPS) is 9.10. The smallest absolute Gasteiger partial charge is 0.242 e. The maximum Gasteiger partial charge on any atom is 0.242 e. The van der Waals surface area contributed by atoms with Gasteiger partial charge in [0.1, 0.15) is 0 Å². The van der Waals surface area contributed by atoms with Gasteiger partial charge in [0.2, 0.25) is 11.8 Å². The quantitative estimate of drug-likeness (QED) is 0.465. The van der Waals surface area contributed by atoms with Gasteiger partial charge in [-0.2, -0.15) is 0 Å². The average Bonchev–Trinajstić information content (AvgIpc) is 2.00. The Balaban J connectivity index is 3.94. The Labute approximate surface area is 59.0 Å². The van der Waals surface area contributed by atoms with Gasteiger partial charge < -0.3 is 11.5 Å². The number of rotatable bonds is 2. The number of hydrogen-bond donors (Lipinski definition) is 2. The summed E-state index contributed by atoms with van der Waals surface area (Å²) in [6.45, 7) is -0.329. The van der Waals surface area contributed by atoms with E-state index in [0.29, 0.717) is 0 Å². The van der Waals surface area contributed by atoms with Gasteiger partial charge in [-0.15, -0.1) is 0 Å². The van der Waals surface area contributed by atoms with Crippen molar-refractivity contribution in [2.75, 3.05) is 20.1 Å². The van der Waals surface area contributed by atoms with E-state index in [1.54, 1.807) is 0 Å².